The van der Waals surface area contributed by atoms with Crippen LogP contribution in [0.4, 0.5) is 15.8 Å². The quantitative estimate of drug-likeness (QED) is 0.252. The topological polar surface area (TPSA) is 88.5 Å². The van der Waals surface area contributed by atoms with Crippen molar-refractivity contribution in [3.05, 3.63) is 108 Å². The van der Waals surface area contributed by atoms with Crippen molar-refractivity contribution in [3.63, 3.8) is 0 Å². The number of hydrogen-bond donors (Lipinski definition) is 1. The van der Waals surface area contributed by atoms with Crippen LogP contribution in [0.2, 0.25) is 15.1 Å². The van der Waals surface area contributed by atoms with Gasteiger partial charge in [-0.05, 0) is 60.2 Å². The van der Waals surface area contributed by atoms with Gasteiger partial charge in [0.05, 0.1) is 26.7 Å². The smallest absolute Gasteiger partial charge is 0.308 e. The first-order valence-corrected chi connectivity index (χ1v) is 15.0. The molecule has 3 unspecified atom stereocenters. The third-order valence-electron chi connectivity index (χ3n) is 6.87. The molecule has 1 fully saturated rings. The molecule has 4 aromatic rings. The maximum absolute atomic E-state index is 13.9. The number of carbonyl (C=O) groups is 3. The van der Waals surface area contributed by atoms with Crippen molar-refractivity contribution in [1.82, 2.24) is 4.57 Å². The Bertz CT molecular complexity index is 1780. The second kappa shape index (κ2) is 10.9. The Labute approximate surface area is 255 Å². The Hall–Kier alpha value is -3.15. The lowest BCUT2D eigenvalue weighted by atomic mass is 9.83. The largest absolute Gasteiger partial charge is 0.324 e. The lowest BCUT2D eigenvalue weighted by Gasteiger charge is -2.30. The van der Waals surface area contributed by atoms with E-state index in [2.05, 4.69) is 5.32 Å². The van der Waals surface area contributed by atoms with Crippen LogP contribution >= 0.6 is 57.9 Å². The Morgan fingerprint density at radius 2 is 1.61 bits per heavy atom. The van der Waals surface area contributed by atoms with E-state index in [1.165, 1.54) is 28.8 Å². The van der Waals surface area contributed by atoms with E-state index in [1.54, 1.807) is 42.5 Å². The molecule has 13 heteroatoms. The summed E-state index contributed by atoms with van der Waals surface area (Å²) < 4.78 is 15.2. The molecule has 2 aliphatic rings. The molecule has 3 atom stereocenters. The summed E-state index contributed by atoms with van der Waals surface area (Å²) in [4.78, 5) is 55.0. The van der Waals surface area contributed by atoms with E-state index in [0.717, 1.165) is 28.0 Å². The molecule has 41 heavy (non-hydrogen) atoms. The van der Waals surface area contributed by atoms with Crippen LogP contribution in [0, 0.1) is 11.7 Å². The molecule has 7 nitrogen and oxygen atoms in total. The second-order valence-corrected chi connectivity index (χ2v) is 12.8. The molecule has 0 aliphatic carbocycles. The van der Waals surface area contributed by atoms with Crippen LogP contribution in [-0.2, 0) is 20.9 Å². The number of nitrogens with zero attached hydrogens (tertiary/aromatic N) is 2. The van der Waals surface area contributed by atoms with Crippen LogP contribution in [0.5, 0.6) is 0 Å². The van der Waals surface area contributed by atoms with Gasteiger partial charge >= 0.3 is 4.87 Å². The molecule has 6 rings (SSSR count). The summed E-state index contributed by atoms with van der Waals surface area (Å²) in [7, 11) is 0. The molecule has 3 aromatic carbocycles. The molecule has 2 aliphatic heterocycles. The van der Waals surface area contributed by atoms with Gasteiger partial charge in [-0.15, -0.1) is 0 Å². The van der Waals surface area contributed by atoms with Gasteiger partial charge < -0.3 is 5.32 Å². The predicted octanol–water partition coefficient (Wildman–Crippen LogP) is 6.44. The standard InChI is InChI=1S/C28H17Cl3FN3O4S2/c29-14-3-8-17(9-4-14)35-25(37)22-21(13-1-5-15(32)6-2-13)24-27(40-23(22)26(35)38)34(28(39)41-24)12-20(36)33-16-7-10-18(30)19(31)11-16/h1-11,21-23H,12H2,(H,33,36). The molecule has 1 saturated heterocycles. The van der Waals surface area contributed by atoms with Gasteiger partial charge in [0, 0.05) is 21.5 Å². The fraction of sp³-hybridized carbons (Fsp3) is 0.143. The van der Waals surface area contributed by atoms with Crippen molar-refractivity contribution >= 4 is 87.0 Å². The number of nitrogens with one attached hydrogen (secondary N) is 1. The van der Waals surface area contributed by atoms with Gasteiger partial charge in [-0.2, -0.15) is 0 Å². The van der Waals surface area contributed by atoms with Crippen LogP contribution in [0.15, 0.2) is 76.6 Å². The summed E-state index contributed by atoms with van der Waals surface area (Å²) in [6, 6.07) is 16.6. The zero-order valence-electron chi connectivity index (χ0n) is 20.6. The minimum absolute atomic E-state index is 0.257. The molecule has 0 saturated carbocycles. The van der Waals surface area contributed by atoms with Gasteiger partial charge in [0.2, 0.25) is 17.7 Å². The lowest BCUT2D eigenvalue weighted by molar-refractivity contribution is -0.122. The van der Waals surface area contributed by atoms with Gasteiger partial charge in [0.1, 0.15) is 17.6 Å². The minimum Gasteiger partial charge on any atom is -0.324 e. The van der Waals surface area contributed by atoms with Gasteiger partial charge in [0.25, 0.3) is 0 Å². The molecular weight excluding hydrogens is 632 g/mol. The van der Waals surface area contributed by atoms with Gasteiger partial charge in [-0.3, -0.25) is 23.7 Å². The number of aromatic nitrogens is 1. The number of amides is 3. The predicted molar refractivity (Wildman–Crippen MR) is 159 cm³/mol. The summed E-state index contributed by atoms with van der Waals surface area (Å²) in [6.45, 7) is -0.339. The molecule has 1 aromatic heterocycles. The van der Waals surface area contributed by atoms with E-state index in [9.17, 15) is 23.6 Å². The Kier molecular flexibility index (Phi) is 7.46. The maximum atomic E-state index is 13.9. The van der Waals surface area contributed by atoms with Crippen LogP contribution in [0.25, 0.3) is 0 Å². The second-order valence-electron chi connectivity index (χ2n) is 9.38. The lowest BCUT2D eigenvalue weighted by Crippen LogP contribution is -2.33. The van der Waals surface area contributed by atoms with Gasteiger partial charge in [0.15, 0.2) is 0 Å². The molecule has 3 amide bonds. The van der Waals surface area contributed by atoms with Crippen molar-refractivity contribution in [3.8, 4) is 0 Å². The number of imide groups is 1. The SMILES string of the molecule is O=C(Cn1c2c(sc1=O)C(c1ccc(F)cc1)C1C(=O)N(c3ccc(Cl)cc3)C(=O)C1S2)Nc1ccc(Cl)c(Cl)c1. The molecule has 3 heterocycles. The minimum atomic E-state index is -0.876. The fourth-order valence-electron chi connectivity index (χ4n) is 5.05. The zero-order chi connectivity index (χ0) is 29.0. The Morgan fingerprint density at radius 1 is 0.902 bits per heavy atom. The van der Waals surface area contributed by atoms with E-state index in [0.29, 0.717) is 36.9 Å². The van der Waals surface area contributed by atoms with Crippen LogP contribution in [-0.4, -0.2) is 27.5 Å². The highest BCUT2D eigenvalue weighted by atomic mass is 35.5. The van der Waals surface area contributed by atoms with E-state index in [4.69, 9.17) is 34.8 Å². The summed E-state index contributed by atoms with van der Waals surface area (Å²) >= 11 is 20.0. The number of rotatable bonds is 5. The highest BCUT2D eigenvalue weighted by molar-refractivity contribution is 8.00. The number of thiazole rings is 1. The number of fused-ring (bicyclic) bond motifs is 2. The monoisotopic (exact) mass is 647 g/mol. The summed E-state index contributed by atoms with van der Waals surface area (Å²) in [6.07, 6.45) is 0. The number of thioether (sulfide) groups is 1. The van der Waals surface area contributed by atoms with E-state index in [1.807, 2.05) is 0 Å². The highest BCUT2D eigenvalue weighted by Crippen LogP contribution is 2.53. The van der Waals surface area contributed by atoms with Crippen molar-refractivity contribution in [2.75, 3.05) is 10.2 Å². The van der Waals surface area contributed by atoms with E-state index < -0.39 is 45.5 Å². The molecule has 0 spiro atoms. The number of halogens is 4. The zero-order valence-corrected chi connectivity index (χ0v) is 24.5. The number of benzene rings is 3. The number of hydrogen-bond acceptors (Lipinski definition) is 6. The third kappa shape index (κ3) is 5.08. The number of carbonyl (C=O) groups excluding carboxylic acids is 3. The molecule has 0 radical (unpaired) electrons. The highest BCUT2D eigenvalue weighted by Gasteiger charge is 2.56. The molecule has 1 N–H and O–H groups in total. The first kappa shape index (κ1) is 28.0. The number of anilines is 2. The van der Waals surface area contributed by atoms with Gasteiger partial charge in [-0.1, -0.05) is 70.0 Å². The normalized spacial score (nSPS) is 19.7. The van der Waals surface area contributed by atoms with Crippen LogP contribution in [0.1, 0.15) is 16.4 Å². The average molecular weight is 649 g/mol. The Morgan fingerprint density at radius 3 is 2.29 bits per heavy atom. The first-order valence-electron chi connectivity index (χ1n) is 12.2. The van der Waals surface area contributed by atoms with Crippen molar-refractivity contribution in [2.45, 2.75) is 22.7 Å². The van der Waals surface area contributed by atoms with E-state index in [-0.39, 0.29) is 11.6 Å². The summed E-state index contributed by atoms with van der Waals surface area (Å²) in [5, 5.41) is 3.28. The van der Waals surface area contributed by atoms with Crippen LogP contribution in [0.3, 0.4) is 0 Å². The van der Waals surface area contributed by atoms with Crippen molar-refractivity contribution in [2.24, 2.45) is 5.92 Å². The molecular formula is C28H17Cl3FN3O4S2. The van der Waals surface area contributed by atoms with Crippen LogP contribution < -0.4 is 15.1 Å². The van der Waals surface area contributed by atoms with Gasteiger partial charge in [-0.25, -0.2) is 9.29 Å². The van der Waals surface area contributed by atoms with Crippen molar-refractivity contribution < 1.29 is 18.8 Å². The van der Waals surface area contributed by atoms with E-state index >= 15 is 0 Å². The van der Waals surface area contributed by atoms with Crippen molar-refractivity contribution in [1.29, 1.82) is 0 Å². The first-order chi connectivity index (χ1) is 19.6. The Balaban J connectivity index is 1.40. The fourth-order valence-corrected chi connectivity index (χ4v) is 8.24. The summed E-state index contributed by atoms with van der Waals surface area (Å²) in [5.74, 6) is -3.39. The summed E-state index contributed by atoms with van der Waals surface area (Å²) in [5.41, 5.74) is 1.35. The molecule has 0 bridgehead atoms. The third-order valence-corrected chi connectivity index (χ3v) is 10.5. The molecule has 208 valence electrons. The average Bonchev–Trinajstić information content (AvgIpc) is 3.38. The maximum Gasteiger partial charge on any atom is 0.308 e.